The third-order valence-corrected chi connectivity index (χ3v) is 3.87. The highest BCUT2D eigenvalue weighted by Crippen LogP contribution is 2.29. The molecule has 1 aliphatic carbocycles. The number of carboxylic acid groups (broad SMARTS) is 1. The fourth-order valence-corrected chi connectivity index (χ4v) is 2.76. The molecule has 1 saturated heterocycles. The number of aliphatic carboxylic acids is 1. The van der Waals surface area contributed by atoms with Gasteiger partial charge in [-0.25, -0.2) is 0 Å². The van der Waals surface area contributed by atoms with Crippen molar-refractivity contribution < 1.29 is 24.2 Å². The van der Waals surface area contributed by atoms with E-state index in [0.29, 0.717) is 26.2 Å². The minimum atomic E-state index is -0.754. The van der Waals surface area contributed by atoms with E-state index < -0.39 is 12.1 Å². The van der Waals surface area contributed by atoms with Gasteiger partial charge in [-0.15, -0.1) is 0 Å². The van der Waals surface area contributed by atoms with Gasteiger partial charge in [0.2, 0.25) is 0 Å². The quantitative estimate of drug-likeness (QED) is 0.773. The number of carboxylic acids is 1. The van der Waals surface area contributed by atoms with Gasteiger partial charge < -0.3 is 19.9 Å². The van der Waals surface area contributed by atoms with E-state index in [0.717, 1.165) is 19.3 Å². The number of amides is 1. The topological polar surface area (TPSA) is 84.9 Å². The minimum Gasteiger partial charge on any atom is -0.481 e. The summed E-state index contributed by atoms with van der Waals surface area (Å²) in [5.74, 6) is -1.26. The summed E-state index contributed by atoms with van der Waals surface area (Å²) in [6.45, 7) is 1.64. The first-order valence-corrected chi connectivity index (χ1v) is 6.88. The lowest BCUT2D eigenvalue weighted by Crippen LogP contribution is -2.45. The van der Waals surface area contributed by atoms with Gasteiger partial charge in [0.05, 0.1) is 25.7 Å². The zero-order valence-electron chi connectivity index (χ0n) is 11.0. The van der Waals surface area contributed by atoms with E-state index in [4.69, 9.17) is 14.6 Å². The Kier molecular flexibility index (Phi) is 5.15. The van der Waals surface area contributed by atoms with E-state index in [1.807, 2.05) is 0 Å². The number of ether oxygens (including phenoxy) is 2. The van der Waals surface area contributed by atoms with Crippen LogP contribution >= 0.6 is 0 Å². The number of hydrogen-bond donors (Lipinski definition) is 2. The highest BCUT2D eigenvalue weighted by molar-refractivity contribution is 5.81. The maximum Gasteiger partial charge on any atom is 0.306 e. The molecule has 0 radical (unpaired) electrons. The molecule has 3 unspecified atom stereocenters. The minimum absolute atomic E-state index is 0.0275. The highest BCUT2D eigenvalue weighted by atomic mass is 16.6. The monoisotopic (exact) mass is 271 g/mol. The Morgan fingerprint density at radius 2 is 2.00 bits per heavy atom. The van der Waals surface area contributed by atoms with Crippen molar-refractivity contribution in [1.82, 2.24) is 5.32 Å². The second kappa shape index (κ2) is 6.86. The van der Waals surface area contributed by atoms with E-state index in [1.54, 1.807) is 0 Å². The first-order valence-electron chi connectivity index (χ1n) is 6.88. The molecular weight excluding hydrogens is 250 g/mol. The Hall–Kier alpha value is -1.14. The summed E-state index contributed by atoms with van der Waals surface area (Å²) in [5, 5.41) is 12.0. The Balaban J connectivity index is 1.79. The molecule has 0 bridgehead atoms. The van der Waals surface area contributed by atoms with E-state index in [-0.39, 0.29) is 24.3 Å². The predicted molar refractivity (Wildman–Crippen MR) is 66.7 cm³/mol. The number of nitrogens with one attached hydrogen (secondary N) is 1. The summed E-state index contributed by atoms with van der Waals surface area (Å²) >= 11 is 0. The molecule has 0 aromatic heterocycles. The van der Waals surface area contributed by atoms with Gasteiger partial charge in [0.15, 0.2) is 6.10 Å². The van der Waals surface area contributed by atoms with Crippen LogP contribution in [0.15, 0.2) is 0 Å². The van der Waals surface area contributed by atoms with Crippen LogP contribution in [0.4, 0.5) is 0 Å². The van der Waals surface area contributed by atoms with Crippen LogP contribution in [-0.4, -0.2) is 49.5 Å². The van der Waals surface area contributed by atoms with E-state index in [9.17, 15) is 9.59 Å². The summed E-state index contributed by atoms with van der Waals surface area (Å²) in [7, 11) is 0. The molecular formula is C13H21NO5. The lowest BCUT2D eigenvalue weighted by Gasteiger charge is -2.29. The van der Waals surface area contributed by atoms with Crippen molar-refractivity contribution in [2.24, 2.45) is 11.8 Å². The van der Waals surface area contributed by atoms with Crippen LogP contribution in [-0.2, 0) is 19.1 Å². The predicted octanol–water partition coefficient (Wildman–Crippen LogP) is 0.409. The first-order chi connectivity index (χ1) is 9.18. The summed E-state index contributed by atoms with van der Waals surface area (Å²) in [4.78, 5) is 23.0. The molecule has 2 fully saturated rings. The fourth-order valence-electron chi connectivity index (χ4n) is 2.76. The Labute approximate surface area is 112 Å². The Bertz CT molecular complexity index is 327. The number of carbonyl (C=O) groups excluding carboxylic acids is 1. The third kappa shape index (κ3) is 3.91. The molecule has 0 aromatic carbocycles. The zero-order valence-corrected chi connectivity index (χ0v) is 11.0. The van der Waals surface area contributed by atoms with Gasteiger partial charge in [-0.3, -0.25) is 9.59 Å². The van der Waals surface area contributed by atoms with Crippen molar-refractivity contribution in [1.29, 1.82) is 0 Å². The lowest BCUT2D eigenvalue weighted by atomic mass is 9.79. The molecule has 19 heavy (non-hydrogen) atoms. The van der Waals surface area contributed by atoms with Gasteiger partial charge in [-0.05, 0) is 18.8 Å². The highest BCUT2D eigenvalue weighted by Gasteiger charge is 2.31. The first kappa shape index (κ1) is 14.3. The molecule has 108 valence electrons. The summed E-state index contributed by atoms with van der Waals surface area (Å²) in [6.07, 6.45) is 3.01. The van der Waals surface area contributed by atoms with Crippen LogP contribution in [0.1, 0.15) is 25.7 Å². The third-order valence-electron chi connectivity index (χ3n) is 3.87. The fraction of sp³-hybridized carbons (Fsp3) is 0.846. The average molecular weight is 271 g/mol. The van der Waals surface area contributed by atoms with Crippen LogP contribution in [0.3, 0.4) is 0 Å². The van der Waals surface area contributed by atoms with E-state index >= 15 is 0 Å². The standard InChI is InChI=1S/C13H21NO5/c15-12(11-8-18-5-6-19-11)14-7-9-3-1-2-4-10(9)13(16)17/h9-11H,1-8H2,(H,14,15)(H,16,17). The molecule has 2 N–H and O–H groups in total. The summed E-state index contributed by atoms with van der Waals surface area (Å²) < 4.78 is 10.5. The van der Waals surface area contributed by atoms with Crippen molar-refractivity contribution in [3.63, 3.8) is 0 Å². The number of carbonyl (C=O) groups is 2. The van der Waals surface area contributed by atoms with Crippen LogP contribution in [0, 0.1) is 11.8 Å². The normalized spacial score (nSPS) is 31.7. The maximum atomic E-state index is 11.9. The maximum absolute atomic E-state index is 11.9. The van der Waals surface area contributed by atoms with Crippen LogP contribution in [0.25, 0.3) is 0 Å². The van der Waals surface area contributed by atoms with Crippen molar-refractivity contribution >= 4 is 11.9 Å². The van der Waals surface area contributed by atoms with Gasteiger partial charge in [0.1, 0.15) is 0 Å². The average Bonchev–Trinajstić information content (AvgIpc) is 2.46. The van der Waals surface area contributed by atoms with Crippen molar-refractivity contribution in [2.45, 2.75) is 31.8 Å². The molecule has 0 spiro atoms. The van der Waals surface area contributed by atoms with Gasteiger partial charge in [-0.2, -0.15) is 0 Å². The smallest absolute Gasteiger partial charge is 0.306 e. The Morgan fingerprint density at radius 3 is 2.68 bits per heavy atom. The molecule has 6 nitrogen and oxygen atoms in total. The second-order valence-corrected chi connectivity index (χ2v) is 5.17. The molecule has 0 aromatic rings. The van der Waals surface area contributed by atoms with Crippen molar-refractivity contribution in [2.75, 3.05) is 26.4 Å². The van der Waals surface area contributed by atoms with Crippen LogP contribution in [0.5, 0.6) is 0 Å². The zero-order chi connectivity index (χ0) is 13.7. The van der Waals surface area contributed by atoms with Crippen LogP contribution in [0.2, 0.25) is 0 Å². The van der Waals surface area contributed by atoms with Crippen molar-refractivity contribution in [3.05, 3.63) is 0 Å². The summed E-state index contributed by atoms with van der Waals surface area (Å²) in [6, 6.07) is 0. The van der Waals surface area contributed by atoms with E-state index in [1.165, 1.54) is 0 Å². The molecule has 3 atom stereocenters. The number of hydrogen-bond acceptors (Lipinski definition) is 4. The SMILES string of the molecule is O=C(NCC1CCCCC1C(=O)O)C1COCCO1. The van der Waals surface area contributed by atoms with Crippen molar-refractivity contribution in [3.8, 4) is 0 Å². The van der Waals surface area contributed by atoms with Gasteiger partial charge in [0, 0.05) is 6.54 Å². The molecule has 6 heteroatoms. The van der Waals surface area contributed by atoms with Gasteiger partial charge in [0.25, 0.3) is 5.91 Å². The molecule has 2 aliphatic rings. The molecule has 1 heterocycles. The second-order valence-electron chi connectivity index (χ2n) is 5.17. The molecule has 1 aliphatic heterocycles. The summed E-state index contributed by atoms with van der Waals surface area (Å²) in [5.41, 5.74) is 0. The number of rotatable bonds is 4. The van der Waals surface area contributed by atoms with Gasteiger partial charge in [-0.1, -0.05) is 12.8 Å². The molecule has 1 amide bonds. The van der Waals surface area contributed by atoms with Gasteiger partial charge >= 0.3 is 5.97 Å². The largest absolute Gasteiger partial charge is 0.481 e. The molecule has 2 rings (SSSR count). The van der Waals surface area contributed by atoms with E-state index in [2.05, 4.69) is 5.32 Å². The Morgan fingerprint density at radius 1 is 1.21 bits per heavy atom. The van der Waals surface area contributed by atoms with Crippen LogP contribution < -0.4 is 5.32 Å². The molecule has 1 saturated carbocycles. The lowest BCUT2D eigenvalue weighted by molar-refractivity contribution is -0.149.